The maximum atomic E-state index is 10.8. The Morgan fingerprint density at radius 1 is 1.50 bits per heavy atom. The Hall–Kier alpha value is -0.940. The number of hydrogen-bond acceptors (Lipinski definition) is 4. The Kier molecular flexibility index (Phi) is 4.72. The fourth-order valence-electron chi connectivity index (χ4n) is 2.51. The van der Waals surface area contributed by atoms with Gasteiger partial charge in [0, 0.05) is 11.9 Å². The molecule has 0 atom stereocenters. The number of nitrogens with one attached hydrogen (secondary N) is 1. The third kappa shape index (κ3) is 3.78. The van der Waals surface area contributed by atoms with E-state index in [1.54, 1.807) is 11.3 Å². The van der Waals surface area contributed by atoms with Crippen molar-refractivity contribution in [2.24, 2.45) is 11.8 Å². The molecule has 0 spiro atoms. The number of aryl methyl sites for hydroxylation is 1. The van der Waals surface area contributed by atoms with Gasteiger partial charge in [0.15, 0.2) is 0 Å². The van der Waals surface area contributed by atoms with Gasteiger partial charge in [-0.25, -0.2) is 4.98 Å². The molecule has 0 radical (unpaired) electrons. The molecule has 0 saturated heterocycles. The van der Waals surface area contributed by atoms with Crippen LogP contribution in [0.1, 0.15) is 36.4 Å². The second kappa shape index (κ2) is 6.29. The standard InChI is InChI=1S/C13H20N2O2S/c1-9-15-12(8-18-9)7-14-6-10-2-4-11(5-3-10)13(16)17/h8,10-11,14H,2-7H2,1H3,(H,16,17). The zero-order valence-corrected chi connectivity index (χ0v) is 11.5. The van der Waals surface area contributed by atoms with Crippen molar-refractivity contribution in [1.82, 2.24) is 10.3 Å². The quantitative estimate of drug-likeness (QED) is 0.861. The van der Waals surface area contributed by atoms with Crippen LogP contribution in [0, 0.1) is 18.8 Å². The summed E-state index contributed by atoms with van der Waals surface area (Å²) < 4.78 is 0. The summed E-state index contributed by atoms with van der Waals surface area (Å²) in [6.45, 7) is 3.81. The maximum absolute atomic E-state index is 10.8. The number of aliphatic carboxylic acids is 1. The molecule has 4 nitrogen and oxygen atoms in total. The van der Waals surface area contributed by atoms with Gasteiger partial charge in [0.1, 0.15) is 0 Å². The average molecular weight is 268 g/mol. The number of carbonyl (C=O) groups is 1. The molecule has 1 aliphatic carbocycles. The fourth-order valence-corrected chi connectivity index (χ4v) is 3.12. The molecule has 1 aliphatic rings. The summed E-state index contributed by atoms with van der Waals surface area (Å²) in [5.41, 5.74) is 1.11. The van der Waals surface area contributed by atoms with Crippen LogP contribution >= 0.6 is 11.3 Å². The first-order valence-electron chi connectivity index (χ1n) is 6.49. The minimum absolute atomic E-state index is 0.109. The van der Waals surface area contributed by atoms with Crippen molar-refractivity contribution >= 4 is 17.3 Å². The number of rotatable bonds is 5. The van der Waals surface area contributed by atoms with Crippen LogP contribution in [0.3, 0.4) is 0 Å². The Bertz CT molecular complexity index is 397. The summed E-state index contributed by atoms with van der Waals surface area (Å²) in [4.78, 5) is 15.2. The highest BCUT2D eigenvalue weighted by molar-refractivity contribution is 7.09. The van der Waals surface area contributed by atoms with E-state index >= 15 is 0 Å². The van der Waals surface area contributed by atoms with E-state index < -0.39 is 5.97 Å². The second-order valence-corrected chi connectivity index (χ2v) is 6.11. The molecule has 5 heteroatoms. The van der Waals surface area contributed by atoms with Gasteiger partial charge in [-0.3, -0.25) is 4.79 Å². The molecule has 0 aliphatic heterocycles. The van der Waals surface area contributed by atoms with Crippen molar-refractivity contribution in [3.05, 3.63) is 16.1 Å². The first kappa shape index (κ1) is 13.5. The lowest BCUT2D eigenvalue weighted by atomic mass is 9.82. The van der Waals surface area contributed by atoms with Gasteiger partial charge < -0.3 is 10.4 Å². The molecule has 0 aromatic carbocycles. The lowest BCUT2D eigenvalue weighted by Crippen LogP contribution is -2.28. The molecular formula is C13H20N2O2S. The summed E-state index contributed by atoms with van der Waals surface area (Å²) in [7, 11) is 0. The van der Waals surface area contributed by atoms with Gasteiger partial charge in [-0.2, -0.15) is 0 Å². The van der Waals surface area contributed by atoms with Crippen LogP contribution in [0.15, 0.2) is 5.38 Å². The van der Waals surface area contributed by atoms with Crippen LogP contribution < -0.4 is 5.32 Å². The van der Waals surface area contributed by atoms with E-state index in [1.165, 1.54) is 0 Å². The molecule has 2 rings (SSSR count). The molecule has 0 bridgehead atoms. The molecular weight excluding hydrogens is 248 g/mol. The molecule has 1 aromatic heterocycles. The Morgan fingerprint density at radius 3 is 2.78 bits per heavy atom. The number of carboxylic acid groups (broad SMARTS) is 1. The van der Waals surface area contributed by atoms with Gasteiger partial charge in [0.25, 0.3) is 0 Å². The van der Waals surface area contributed by atoms with E-state index in [2.05, 4.69) is 15.7 Å². The monoisotopic (exact) mass is 268 g/mol. The first-order chi connectivity index (χ1) is 8.65. The molecule has 1 heterocycles. The maximum Gasteiger partial charge on any atom is 0.306 e. The van der Waals surface area contributed by atoms with E-state index in [9.17, 15) is 4.79 Å². The Labute approximate surface area is 111 Å². The minimum Gasteiger partial charge on any atom is -0.481 e. The van der Waals surface area contributed by atoms with Crippen molar-refractivity contribution in [2.45, 2.75) is 39.2 Å². The Morgan fingerprint density at radius 2 is 2.22 bits per heavy atom. The number of thiazole rings is 1. The van der Waals surface area contributed by atoms with Gasteiger partial charge in [-0.15, -0.1) is 11.3 Å². The normalized spacial score (nSPS) is 24.1. The van der Waals surface area contributed by atoms with Crippen molar-refractivity contribution < 1.29 is 9.90 Å². The summed E-state index contributed by atoms with van der Waals surface area (Å²) in [5.74, 6) is -0.109. The van der Waals surface area contributed by atoms with Crippen LogP contribution in [0.4, 0.5) is 0 Å². The Balaban J connectivity index is 1.65. The highest BCUT2D eigenvalue weighted by Crippen LogP contribution is 2.28. The van der Waals surface area contributed by atoms with E-state index in [-0.39, 0.29) is 5.92 Å². The number of carboxylic acids is 1. The fraction of sp³-hybridized carbons (Fsp3) is 0.692. The molecule has 2 N–H and O–H groups in total. The summed E-state index contributed by atoms with van der Waals surface area (Å²) in [6, 6.07) is 0. The zero-order valence-electron chi connectivity index (χ0n) is 10.7. The second-order valence-electron chi connectivity index (χ2n) is 5.04. The third-order valence-corrected chi connectivity index (χ3v) is 4.42. The van der Waals surface area contributed by atoms with Crippen LogP contribution in [-0.4, -0.2) is 22.6 Å². The lowest BCUT2D eigenvalue weighted by Gasteiger charge is -2.26. The first-order valence-corrected chi connectivity index (χ1v) is 7.37. The average Bonchev–Trinajstić information content (AvgIpc) is 2.76. The SMILES string of the molecule is Cc1nc(CNCC2CCC(C(=O)O)CC2)cs1. The zero-order chi connectivity index (χ0) is 13.0. The van der Waals surface area contributed by atoms with Crippen LogP contribution in [-0.2, 0) is 11.3 Å². The van der Waals surface area contributed by atoms with Gasteiger partial charge in [0.2, 0.25) is 0 Å². The van der Waals surface area contributed by atoms with Crippen molar-refractivity contribution in [1.29, 1.82) is 0 Å². The predicted octanol–water partition coefficient (Wildman–Crippen LogP) is 2.43. The number of hydrogen-bond donors (Lipinski definition) is 2. The molecule has 1 aromatic rings. The highest BCUT2D eigenvalue weighted by atomic mass is 32.1. The smallest absolute Gasteiger partial charge is 0.306 e. The van der Waals surface area contributed by atoms with E-state index in [4.69, 9.17) is 5.11 Å². The molecule has 100 valence electrons. The topological polar surface area (TPSA) is 62.2 Å². The molecule has 0 amide bonds. The van der Waals surface area contributed by atoms with Crippen molar-refractivity contribution in [2.75, 3.05) is 6.54 Å². The van der Waals surface area contributed by atoms with E-state index in [1.807, 2.05) is 6.92 Å². The largest absolute Gasteiger partial charge is 0.481 e. The van der Waals surface area contributed by atoms with Crippen LogP contribution in [0.2, 0.25) is 0 Å². The lowest BCUT2D eigenvalue weighted by molar-refractivity contribution is -0.143. The van der Waals surface area contributed by atoms with Crippen LogP contribution in [0.5, 0.6) is 0 Å². The molecule has 0 unspecified atom stereocenters. The van der Waals surface area contributed by atoms with Crippen molar-refractivity contribution in [3.63, 3.8) is 0 Å². The minimum atomic E-state index is -0.626. The molecule has 1 saturated carbocycles. The van der Waals surface area contributed by atoms with Gasteiger partial charge in [-0.05, 0) is 45.1 Å². The highest BCUT2D eigenvalue weighted by Gasteiger charge is 2.25. The van der Waals surface area contributed by atoms with Gasteiger partial charge in [0.05, 0.1) is 16.6 Å². The van der Waals surface area contributed by atoms with Crippen LogP contribution in [0.25, 0.3) is 0 Å². The van der Waals surface area contributed by atoms with E-state index in [0.717, 1.165) is 49.5 Å². The number of aromatic nitrogens is 1. The third-order valence-electron chi connectivity index (χ3n) is 3.60. The summed E-state index contributed by atoms with van der Waals surface area (Å²) in [5, 5.41) is 15.5. The predicted molar refractivity (Wildman–Crippen MR) is 71.6 cm³/mol. The summed E-state index contributed by atoms with van der Waals surface area (Å²) in [6.07, 6.45) is 3.72. The number of nitrogens with zero attached hydrogens (tertiary/aromatic N) is 1. The molecule has 1 fully saturated rings. The summed E-state index contributed by atoms with van der Waals surface area (Å²) >= 11 is 1.68. The van der Waals surface area contributed by atoms with E-state index in [0.29, 0.717) is 5.92 Å². The van der Waals surface area contributed by atoms with Gasteiger partial charge >= 0.3 is 5.97 Å². The van der Waals surface area contributed by atoms with Gasteiger partial charge in [-0.1, -0.05) is 0 Å². The molecule has 18 heavy (non-hydrogen) atoms. The van der Waals surface area contributed by atoms with Crippen molar-refractivity contribution in [3.8, 4) is 0 Å².